The average molecular weight is 268 g/mol. The van der Waals surface area contributed by atoms with Crippen LogP contribution in [0.4, 0.5) is 0 Å². The SMILES string of the molecule is CC(=O)C(CC1CCCCC1=O)C(=O)OC(C)(C)C. The Morgan fingerprint density at radius 1 is 1.32 bits per heavy atom. The van der Waals surface area contributed by atoms with E-state index in [0.717, 1.165) is 19.3 Å². The van der Waals surface area contributed by atoms with Crippen molar-refractivity contribution in [3.63, 3.8) is 0 Å². The van der Waals surface area contributed by atoms with Crippen molar-refractivity contribution in [2.75, 3.05) is 0 Å². The van der Waals surface area contributed by atoms with Gasteiger partial charge in [0.1, 0.15) is 23.1 Å². The summed E-state index contributed by atoms with van der Waals surface area (Å²) in [6.07, 6.45) is 3.58. The lowest BCUT2D eigenvalue weighted by Gasteiger charge is -2.26. The number of hydrogen-bond acceptors (Lipinski definition) is 4. The van der Waals surface area contributed by atoms with Gasteiger partial charge in [-0.25, -0.2) is 0 Å². The van der Waals surface area contributed by atoms with Crippen molar-refractivity contribution in [1.82, 2.24) is 0 Å². The predicted octanol–water partition coefficient (Wildman–Crippen LogP) is 2.68. The average Bonchev–Trinajstić information content (AvgIpc) is 2.24. The van der Waals surface area contributed by atoms with Gasteiger partial charge in [0, 0.05) is 12.3 Å². The molecule has 0 aromatic carbocycles. The molecule has 1 aliphatic rings. The first-order chi connectivity index (χ1) is 8.70. The second-order valence-corrected chi connectivity index (χ2v) is 6.34. The molecule has 0 heterocycles. The van der Waals surface area contributed by atoms with E-state index in [1.54, 1.807) is 20.8 Å². The van der Waals surface area contributed by atoms with E-state index in [9.17, 15) is 14.4 Å². The van der Waals surface area contributed by atoms with Gasteiger partial charge in [-0.2, -0.15) is 0 Å². The molecule has 2 atom stereocenters. The van der Waals surface area contributed by atoms with Crippen LogP contribution < -0.4 is 0 Å². The van der Waals surface area contributed by atoms with Crippen LogP contribution in [0.5, 0.6) is 0 Å². The number of Topliss-reactive ketones (excluding diaryl/α,β-unsaturated/α-hetero) is 2. The molecule has 0 aliphatic heterocycles. The van der Waals surface area contributed by atoms with Gasteiger partial charge in [0.2, 0.25) is 0 Å². The van der Waals surface area contributed by atoms with E-state index in [1.165, 1.54) is 6.92 Å². The third-order valence-electron chi connectivity index (χ3n) is 3.38. The summed E-state index contributed by atoms with van der Waals surface area (Å²) in [6.45, 7) is 6.71. The molecule has 0 spiro atoms. The fraction of sp³-hybridized carbons (Fsp3) is 0.800. The Bertz CT molecular complexity index is 365. The Kier molecular flexibility index (Phi) is 5.27. The van der Waals surface area contributed by atoms with Crippen LogP contribution >= 0.6 is 0 Å². The molecule has 2 unspecified atom stereocenters. The van der Waals surface area contributed by atoms with Crippen molar-refractivity contribution in [1.29, 1.82) is 0 Å². The first-order valence-electron chi connectivity index (χ1n) is 6.96. The number of carbonyl (C=O) groups is 3. The summed E-state index contributed by atoms with van der Waals surface area (Å²) in [7, 11) is 0. The predicted molar refractivity (Wildman–Crippen MR) is 71.6 cm³/mol. The summed E-state index contributed by atoms with van der Waals surface area (Å²) in [5, 5.41) is 0. The zero-order valence-electron chi connectivity index (χ0n) is 12.3. The fourth-order valence-corrected chi connectivity index (χ4v) is 2.39. The maximum absolute atomic E-state index is 12.0. The van der Waals surface area contributed by atoms with Gasteiger partial charge in [-0.3, -0.25) is 14.4 Å². The molecule has 19 heavy (non-hydrogen) atoms. The summed E-state index contributed by atoms with van der Waals surface area (Å²) in [6, 6.07) is 0. The Labute approximate surface area is 114 Å². The minimum atomic E-state index is -0.800. The summed E-state index contributed by atoms with van der Waals surface area (Å²) < 4.78 is 5.27. The minimum absolute atomic E-state index is 0.157. The molecule has 4 heteroatoms. The molecule has 0 radical (unpaired) electrons. The molecule has 0 N–H and O–H groups in total. The van der Waals surface area contributed by atoms with E-state index >= 15 is 0 Å². The summed E-state index contributed by atoms with van der Waals surface area (Å²) in [5.74, 6) is -1.49. The second kappa shape index (κ2) is 6.31. The lowest BCUT2D eigenvalue weighted by Crippen LogP contribution is -2.34. The van der Waals surface area contributed by atoms with Crippen LogP contribution in [0, 0.1) is 11.8 Å². The third-order valence-corrected chi connectivity index (χ3v) is 3.38. The molecule has 108 valence electrons. The number of rotatable bonds is 4. The Balaban J connectivity index is 2.69. The zero-order valence-corrected chi connectivity index (χ0v) is 12.3. The van der Waals surface area contributed by atoms with Crippen LogP contribution in [0.15, 0.2) is 0 Å². The lowest BCUT2D eigenvalue weighted by atomic mass is 9.81. The molecule has 0 aromatic heterocycles. The Hall–Kier alpha value is -1.19. The van der Waals surface area contributed by atoms with Crippen molar-refractivity contribution in [2.45, 2.75) is 65.4 Å². The monoisotopic (exact) mass is 268 g/mol. The molecule has 1 rings (SSSR count). The van der Waals surface area contributed by atoms with Crippen LogP contribution in [0.3, 0.4) is 0 Å². The highest BCUT2D eigenvalue weighted by Crippen LogP contribution is 2.28. The van der Waals surface area contributed by atoms with Gasteiger partial charge >= 0.3 is 5.97 Å². The largest absolute Gasteiger partial charge is 0.459 e. The molecule has 1 saturated carbocycles. The van der Waals surface area contributed by atoms with Crippen LogP contribution in [0.2, 0.25) is 0 Å². The van der Waals surface area contributed by atoms with E-state index in [2.05, 4.69) is 0 Å². The normalized spacial score (nSPS) is 21.9. The van der Waals surface area contributed by atoms with E-state index < -0.39 is 17.5 Å². The molecule has 1 fully saturated rings. The molecule has 1 aliphatic carbocycles. The van der Waals surface area contributed by atoms with Crippen molar-refractivity contribution < 1.29 is 19.1 Å². The first-order valence-corrected chi connectivity index (χ1v) is 6.96. The van der Waals surface area contributed by atoms with E-state index in [4.69, 9.17) is 4.74 Å². The Morgan fingerprint density at radius 2 is 1.95 bits per heavy atom. The smallest absolute Gasteiger partial charge is 0.317 e. The number of esters is 1. The highest BCUT2D eigenvalue weighted by Gasteiger charge is 2.34. The van der Waals surface area contributed by atoms with E-state index in [0.29, 0.717) is 12.8 Å². The van der Waals surface area contributed by atoms with Gasteiger partial charge in [0.05, 0.1) is 0 Å². The number of carbonyl (C=O) groups excluding carboxylic acids is 3. The molecule has 0 aromatic rings. The molecular weight excluding hydrogens is 244 g/mol. The van der Waals surface area contributed by atoms with Crippen molar-refractivity contribution in [3.05, 3.63) is 0 Å². The molecule has 4 nitrogen and oxygen atoms in total. The van der Waals surface area contributed by atoms with Gasteiger partial charge < -0.3 is 4.74 Å². The molecular formula is C15H24O4. The maximum atomic E-state index is 12.0. The van der Waals surface area contributed by atoms with E-state index in [1.807, 2.05) is 0 Å². The van der Waals surface area contributed by atoms with Gasteiger partial charge in [0.15, 0.2) is 0 Å². The van der Waals surface area contributed by atoms with Gasteiger partial charge in [0.25, 0.3) is 0 Å². The zero-order chi connectivity index (χ0) is 14.6. The standard InChI is InChI=1S/C15H24O4/c1-10(16)12(14(18)19-15(2,3)4)9-11-7-5-6-8-13(11)17/h11-12H,5-9H2,1-4H3. The quantitative estimate of drug-likeness (QED) is 0.581. The highest BCUT2D eigenvalue weighted by atomic mass is 16.6. The van der Waals surface area contributed by atoms with Crippen LogP contribution in [0.1, 0.15) is 59.8 Å². The van der Waals surface area contributed by atoms with E-state index in [-0.39, 0.29) is 17.5 Å². The summed E-state index contributed by atoms with van der Waals surface area (Å²) in [5.41, 5.74) is -0.610. The van der Waals surface area contributed by atoms with Crippen LogP contribution in [0.25, 0.3) is 0 Å². The number of hydrogen-bond donors (Lipinski definition) is 0. The van der Waals surface area contributed by atoms with Crippen molar-refractivity contribution in [3.8, 4) is 0 Å². The Morgan fingerprint density at radius 3 is 2.42 bits per heavy atom. The maximum Gasteiger partial charge on any atom is 0.317 e. The number of ether oxygens (including phenoxy) is 1. The molecule has 0 saturated heterocycles. The number of ketones is 2. The van der Waals surface area contributed by atoms with Gasteiger partial charge in [-0.1, -0.05) is 6.42 Å². The van der Waals surface area contributed by atoms with Crippen molar-refractivity contribution >= 4 is 17.5 Å². The van der Waals surface area contributed by atoms with Crippen molar-refractivity contribution in [2.24, 2.45) is 11.8 Å². The van der Waals surface area contributed by atoms with Gasteiger partial charge in [-0.05, 0) is 47.0 Å². The molecule has 0 bridgehead atoms. The molecule has 0 amide bonds. The fourth-order valence-electron chi connectivity index (χ4n) is 2.39. The summed E-state index contributed by atoms with van der Waals surface area (Å²) in [4.78, 5) is 35.5. The highest BCUT2D eigenvalue weighted by molar-refractivity contribution is 5.98. The van der Waals surface area contributed by atoms with Crippen LogP contribution in [-0.2, 0) is 19.1 Å². The van der Waals surface area contributed by atoms with Gasteiger partial charge in [-0.15, -0.1) is 0 Å². The summed E-state index contributed by atoms with van der Waals surface area (Å²) >= 11 is 0. The minimum Gasteiger partial charge on any atom is -0.459 e. The topological polar surface area (TPSA) is 60.4 Å². The lowest BCUT2D eigenvalue weighted by molar-refractivity contribution is -0.162. The second-order valence-electron chi connectivity index (χ2n) is 6.34. The third kappa shape index (κ3) is 5.13. The first kappa shape index (κ1) is 15.9. The van der Waals surface area contributed by atoms with Crippen LogP contribution in [-0.4, -0.2) is 23.1 Å².